The summed E-state index contributed by atoms with van der Waals surface area (Å²) in [5.41, 5.74) is 6.08. The SMILES string of the molecule is CC(NC(=O)c1ccc(F)cc1C#CCN)C1CC1. The molecule has 4 heteroatoms. The van der Waals surface area contributed by atoms with E-state index in [0.717, 1.165) is 12.8 Å². The Hall–Kier alpha value is -1.86. The van der Waals surface area contributed by atoms with Crippen LogP contribution in [0.2, 0.25) is 0 Å². The second-order valence-corrected chi connectivity index (χ2v) is 4.80. The predicted octanol–water partition coefficient (Wildman–Crippen LogP) is 1.66. The first-order valence-electron chi connectivity index (χ1n) is 6.41. The van der Waals surface area contributed by atoms with Crippen molar-refractivity contribution < 1.29 is 9.18 Å². The highest BCUT2D eigenvalue weighted by Crippen LogP contribution is 2.32. The van der Waals surface area contributed by atoms with Gasteiger partial charge < -0.3 is 11.1 Å². The van der Waals surface area contributed by atoms with Crippen LogP contribution in [0.25, 0.3) is 0 Å². The molecular formula is C15H17FN2O. The number of benzene rings is 1. The van der Waals surface area contributed by atoms with Gasteiger partial charge in [-0.1, -0.05) is 11.8 Å². The number of amides is 1. The third-order valence-electron chi connectivity index (χ3n) is 3.24. The van der Waals surface area contributed by atoms with Gasteiger partial charge >= 0.3 is 0 Å². The lowest BCUT2D eigenvalue weighted by molar-refractivity contribution is 0.0935. The Balaban J connectivity index is 2.19. The Morgan fingerprint density at radius 3 is 2.95 bits per heavy atom. The quantitative estimate of drug-likeness (QED) is 0.812. The molecule has 100 valence electrons. The highest BCUT2D eigenvalue weighted by atomic mass is 19.1. The predicted molar refractivity (Wildman–Crippen MR) is 72.0 cm³/mol. The summed E-state index contributed by atoms with van der Waals surface area (Å²) in [5, 5.41) is 2.93. The molecule has 3 N–H and O–H groups in total. The first kappa shape index (κ1) is 13.6. The minimum atomic E-state index is -0.409. The van der Waals surface area contributed by atoms with Gasteiger partial charge in [0, 0.05) is 11.6 Å². The molecule has 0 heterocycles. The lowest BCUT2D eigenvalue weighted by Gasteiger charge is -2.13. The first-order chi connectivity index (χ1) is 9.11. The van der Waals surface area contributed by atoms with Crippen LogP contribution in [0, 0.1) is 23.6 Å². The minimum absolute atomic E-state index is 0.146. The number of nitrogens with two attached hydrogens (primary N) is 1. The van der Waals surface area contributed by atoms with E-state index in [2.05, 4.69) is 17.2 Å². The number of hydrogen-bond donors (Lipinski definition) is 2. The van der Waals surface area contributed by atoms with Crippen molar-refractivity contribution >= 4 is 5.91 Å². The van der Waals surface area contributed by atoms with E-state index in [-0.39, 0.29) is 18.5 Å². The molecule has 0 aromatic heterocycles. The van der Waals surface area contributed by atoms with E-state index >= 15 is 0 Å². The van der Waals surface area contributed by atoms with Gasteiger partial charge in [0.2, 0.25) is 0 Å². The molecule has 0 saturated heterocycles. The number of carbonyl (C=O) groups is 1. The van der Waals surface area contributed by atoms with Crippen LogP contribution in [-0.2, 0) is 0 Å². The highest BCUT2D eigenvalue weighted by molar-refractivity contribution is 5.96. The molecule has 0 bridgehead atoms. The summed E-state index contributed by atoms with van der Waals surface area (Å²) >= 11 is 0. The van der Waals surface area contributed by atoms with Gasteiger partial charge in [-0.3, -0.25) is 4.79 Å². The molecule has 0 aliphatic heterocycles. The number of rotatable bonds is 3. The molecule has 1 aliphatic carbocycles. The zero-order chi connectivity index (χ0) is 13.8. The van der Waals surface area contributed by atoms with E-state index in [1.807, 2.05) is 6.92 Å². The zero-order valence-electron chi connectivity index (χ0n) is 10.9. The van der Waals surface area contributed by atoms with Gasteiger partial charge in [-0.2, -0.15) is 0 Å². The van der Waals surface area contributed by atoms with Crippen LogP contribution >= 0.6 is 0 Å². The molecule has 1 aliphatic rings. The molecule has 1 aromatic carbocycles. The molecule has 1 unspecified atom stereocenters. The van der Waals surface area contributed by atoms with Gasteiger partial charge in [-0.15, -0.1) is 0 Å². The average Bonchev–Trinajstić information content (AvgIpc) is 3.20. The van der Waals surface area contributed by atoms with Crippen LogP contribution in [0.4, 0.5) is 4.39 Å². The topological polar surface area (TPSA) is 55.1 Å². The molecule has 0 radical (unpaired) electrons. The van der Waals surface area contributed by atoms with Crippen molar-refractivity contribution in [3.63, 3.8) is 0 Å². The summed E-state index contributed by atoms with van der Waals surface area (Å²) in [6, 6.07) is 4.14. The van der Waals surface area contributed by atoms with Crippen LogP contribution in [-0.4, -0.2) is 18.5 Å². The smallest absolute Gasteiger partial charge is 0.252 e. The Morgan fingerprint density at radius 2 is 2.32 bits per heavy atom. The number of nitrogens with one attached hydrogen (secondary N) is 1. The number of halogens is 1. The Bertz CT molecular complexity index is 541. The summed E-state index contributed by atoms with van der Waals surface area (Å²) in [6.45, 7) is 2.17. The van der Waals surface area contributed by atoms with Crippen LogP contribution in [0.5, 0.6) is 0 Å². The summed E-state index contributed by atoms with van der Waals surface area (Å²) in [4.78, 5) is 12.2. The van der Waals surface area contributed by atoms with E-state index in [9.17, 15) is 9.18 Å². The second-order valence-electron chi connectivity index (χ2n) is 4.80. The standard InChI is InChI=1S/C15H17FN2O/c1-10(11-4-5-11)18-15(19)14-7-6-13(16)9-12(14)3-2-8-17/h6-7,9-11H,4-5,8,17H2,1H3,(H,18,19). The van der Waals surface area contributed by atoms with Gasteiger partial charge in [0.15, 0.2) is 0 Å². The van der Waals surface area contributed by atoms with Crippen molar-refractivity contribution in [3.05, 3.63) is 35.1 Å². The highest BCUT2D eigenvalue weighted by Gasteiger charge is 2.29. The summed E-state index contributed by atoms with van der Waals surface area (Å²) < 4.78 is 13.2. The van der Waals surface area contributed by atoms with Gasteiger partial charge in [-0.25, -0.2) is 4.39 Å². The third kappa shape index (κ3) is 3.55. The van der Waals surface area contributed by atoms with Crippen molar-refractivity contribution in [1.29, 1.82) is 0 Å². The maximum atomic E-state index is 13.2. The van der Waals surface area contributed by atoms with Gasteiger partial charge in [-0.05, 0) is 43.9 Å². The van der Waals surface area contributed by atoms with Crippen LogP contribution in [0.1, 0.15) is 35.7 Å². The molecule has 1 aromatic rings. The maximum Gasteiger partial charge on any atom is 0.252 e. The van der Waals surface area contributed by atoms with Gasteiger partial charge in [0.1, 0.15) is 5.82 Å². The van der Waals surface area contributed by atoms with Gasteiger partial charge in [0.05, 0.1) is 12.1 Å². The molecule has 0 spiro atoms. The van der Waals surface area contributed by atoms with E-state index in [1.165, 1.54) is 18.2 Å². The van der Waals surface area contributed by atoms with Crippen molar-refractivity contribution in [2.75, 3.05) is 6.54 Å². The fraction of sp³-hybridized carbons (Fsp3) is 0.400. The molecule has 3 nitrogen and oxygen atoms in total. The van der Waals surface area contributed by atoms with Crippen molar-refractivity contribution in [2.45, 2.75) is 25.8 Å². The molecule has 1 fully saturated rings. The van der Waals surface area contributed by atoms with Crippen LogP contribution < -0.4 is 11.1 Å². The summed E-state index contributed by atoms with van der Waals surface area (Å²) in [6.07, 6.45) is 2.31. The Kier molecular flexibility index (Phi) is 4.18. The summed E-state index contributed by atoms with van der Waals surface area (Å²) in [7, 11) is 0. The molecular weight excluding hydrogens is 243 g/mol. The summed E-state index contributed by atoms with van der Waals surface area (Å²) in [5.74, 6) is 5.34. The van der Waals surface area contributed by atoms with Gasteiger partial charge in [0.25, 0.3) is 5.91 Å². The molecule has 1 atom stereocenters. The minimum Gasteiger partial charge on any atom is -0.349 e. The largest absolute Gasteiger partial charge is 0.349 e. The van der Waals surface area contributed by atoms with Crippen molar-refractivity contribution in [2.24, 2.45) is 11.7 Å². The van der Waals surface area contributed by atoms with E-state index in [1.54, 1.807) is 0 Å². The van der Waals surface area contributed by atoms with E-state index in [0.29, 0.717) is 17.0 Å². The maximum absolute atomic E-state index is 13.2. The average molecular weight is 260 g/mol. The molecule has 19 heavy (non-hydrogen) atoms. The third-order valence-corrected chi connectivity index (χ3v) is 3.24. The lowest BCUT2D eigenvalue weighted by atomic mass is 10.1. The lowest BCUT2D eigenvalue weighted by Crippen LogP contribution is -2.34. The van der Waals surface area contributed by atoms with Crippen LogP contribution in [0.15, 0.2) is 18.2 Å². The molecule has 1 saturated carbocycles. The number of carbonyl (C=O) groups excluding carboxylic acids is 1. The first-order valence-corrected chi connectivity index (χ1v) is 6.41. The van der Waals surface area contributed by atoms with E-state index < -0.39 is 5.82 Å². The molecule has 2 rings (SSSR count). The number of hydrogen-bond acceptors (Lipinski definition) is 2. The van der Waals surface area contributed by atoms with E-state index in [4.69, 9.17) is 5.73 Å². The monoisotopic (exact) mass is 260 g/mol. The van der Waals surface area contributed by atoms with Crippen molar-refractivity contribution in [3.8, 4) is 11.8 Å². The fourth-order valence-electron chi connectivity index (χ4n) is 1.96. The second kappa shape index (κ2) is 5.85. The van der Waals surface area contributed by atoms with Crippen LogP contribution in [0.3, 0.4) is 0 Å². The molecule has 1 amide bonds. The normalized spacial score (nSPS) is 15.3. The fourth-order valence-corrected chi connectivity index (χ4v) is 1.96. The Labute approximate surface area is 112 Å². The van der Waals surface area contributed by atoms with Crippen molar-refractivity contribution in [1.82, 2.24) is 5.32 Å². The Morgan fingerprint density at radius 1 is 1.58 bits per heavy atom. The zero-order valence-corrected chi connectivity index (χ0v) is 10.9.